The summed E-state index contributed by atoms with van der Waals surface area (Å²) >= 11 is 5.58. The van der Waals surface area contributed by atoms with Crippen LogP contribution in [0, 0.1) is 6.92 Å². The molecule has 0 aliphatic rings. The lowest BCUT2D eigenvalue weighted by Gasteiger charge is -1.94. The lowest BCUT2D eigenvalue weighted by molar-refractivity contribution is 0.513. The lowest BCUT2D eigenvalue weighted by Crippen LogP contribution is -1.84. The van der Waals surface area contributed by atoms with Crippen LogP contribution in [0.2, 0.25) is 0 Å². The minimum Gasteiger partial charge on any atom is -0.421 e. The van der Waals surface area contributed by atoms with Crippen molar-refractivity contribution in [2.75, 3.05) is 5.88 Å². The van der Waals surface area contributed by atoms with E-state index in [1.165, 1.54) is 5.56 Å². The molecule has 0 fully saturated rings. The molecule has 0 saturated carbocycles. The Bertz CT molecular complexity index is 436. The second-order valence-corrected chi connectivity index (χ2v) is 3.68. The molecule has 0 aliphatic carbocycles. The van der Waals surface area contributed by atoms with Gasteiger partial charge in [-0.2, -0.15) is 0 Å². The summed E-state index contributed by atoms with van der Waals surface area (Å²) in [5, 5.41) is 7.86. The Balaban J connectivity index is 2.25. The van der Waals surface area contributed by atoms with Crippen molar-refractivity contribution in [3.8, 4) is 11.5 Å². The number of halogens is 1. The number of hydrogen-bond donors (Lipinski definition) is 0. The van der Waals surface area contributed by atoms with E-state index in [1.54, 1.807) is 0 Å². The smallest absolute Gasteiger partial charge is 0.247 e. The molecule has 1 aromatic heterocycles. The number of aryl methyl sites for hydroxylation is 2. The molecule has 2 aromatic rings. The molecule has 78 valence electrons. The second kappa shape index (κ2) is 4.45. The van der Waals surface area contributed by atoms with Crippen molar-refractivity contribution < 1.29 is 4.42 Å². The van der Waals surface area contributed by atoms with Crippen LogP contribution in [0.15, 0.2) is 28.7 Å². The van der Waals surface area contributed by atoms with E-state index in [0.29, 0.717) is 24.1 Å². The fourth-order valence-corrected chi connectivity index (χ4v) is 1.41. The first-order valence-corrected chi connectivity index (χ1v) is 5.28. The van der Waals surface area contributed by atoms with Gasteiger partial charge in [0.05, 0.1) is 0 Å². The fraction of sp³-hybridized carbons (Fsp3) is 0.273. The molecule has 0 unspecified atom stereocenters. The van der Waals surface area contributed by atoms with Crippen molar-refractivity contribution >= 4 is 11.6 Å². The maximum Gasteiger partial charge on any atom is 0.247 e. The molecule has 0 radical (unpaired) electrons. The topological polar surface area (TPSA) is 38.9 Å². The van der Waals surface area contributed by atoms with Crippen molar-refractivity contribution in [2.45, 2.75) is 13.3 Å². The van der Waals surface area contributed by atoms with E-state index in [2.05, 4.69) is 10.2 Å². The van der Waals surface area contributed by atoms with Gasteiger partial charge in [0, 0.05) is 17.9 Å². The normalized spacial score (nSPS) is 10.5. The lowest BCUT2D eigenvalue weighted by atomic mass is 10.1. The molecular weight excluding hydrogens is 212 g/mol. The first kappa shape index (κ1) is 10.2. The van der Waals surface area contributed by atoms with Gasteiger partial charge in [-0.3, -0.25) is 0 Å². The quantitative estimate of drug-likeness (QED) is 0.750. The summed E-state index contributed by atoms with van der Waals surface area (Å²) in [5.41, 5.74) is 2.15. The first-order valence-electron chi connectivity index (χ1n) is 4.75. The van der Waals surface area contributed by atoms with Crippen LogP contribution < -0.4 is 0 Å². The molecule has 0 aliphatic heterocycles. The van der Waals surface area contributed by atoms with Crippen LogP contribution >= 0.6 is 11.6 Å². The van der Waals surface area contributed by atoms with E-state index in [1.807, 2.05) is 31.2 Å². The Hall–Kier alpha value is -1.35. The van der Waals surface area contributed by atoms with Crippen molar-refractivity contribution in [2.24, 2.45) is 0 Å². The van der Waals surface area contributed by atoms with Gasteiger partial charge in [-0.05, 0) is 19.1 Å². The number of nitrogens with zero attached hydrogens (tertiary/aromatic N) is 2. The van der Waals surface area contributed by atoms with Crippen molar-refractivity contribution in [3.63, 3.8) is 0 Å². The predicted molar refractivity (Wildman–Crippen MR) is 58.9 cm³/mol. The monoisotopic (exact) mass is 222 g/mol. The third-order valence-electron chi connectivity index (χ3n) is 2.07. The Morgan fingerprint density at radius 2 is 1.93 bits per heavy atom. The second-order valence-electron chi connectivity index (χ2n) is 3.31. The highest BCUT2D eigenvalue weighted by atomic mass is 35.5. The zero-order chi connectivity index (χ0) is 10.7. The van der Waals surface area contributed by atoms with E-state index in [9.17, 15) is 0 Å². The molecule has 4 heteroatoms. The molecule has 2 rings (SSSR count). The molecule has 0 spiro atoms. The highest BCUT2D eigenvalue weighted by molar-refractivity contribution is 6.17. The predicted octanol–water partition coefficient (Wildman–Crippen LogP) is 2.83. The summed E-state index contributed by atoms with van der Waals surface area (Å²) in [5.74, 6) is 1.63. The van der Waals surface area contributed by atoms with E-state index >= 15 is 0 Å². The minimum absolute atomic E-state index is 0.496. The van der Waals surface area contributed by atoms with E-state index in [4.69, 9.17) is 16.0 Å². The van der Waals surface area contributed by atoms with Gasteiger partial charge in [-0.15, -0.1) is 21.8 Å². The van der Waals surface area contributed by atoms with Crippen LogP contribution in [-0.4, -0.2) is 16.1 Å². The molecule has 0 bridgehead atoms. The Morgan fingerprint density at radius 1 is 1.20 bits per heavy atom. The van der Waals surface area contributed by atoms with Gasteiger partial charge in [0.15, 0.2) is 0 Å². The minimum atomic E-state index is 0.496. The SMILES string of the molecule is Cc1ccc(-c2nnc(CCCl)o2)cc1. The van der Waals surface area contributed by atoms with E-state index < -0.39 is 0 Å². The van der Waals surface area contributed by atoms with Crippen LogP contribution in [-0.2, 0) is 6.42 Å². The summed E-state index contributed by atoms with van der Waals surface area (Å²) in [4.78, 5) is 0. The van der Waals surface area contributed by atoms with Crippen LogP contribution in [0.25, 0.3) is 11.5 Å². The van der Waals surface area contributed by atoms with Gasteiger partial charge >= 0.3 is 0 Å². The highest BCUT2D eigenvalue weighted by Gasteiger charge is 2.07. The standard InChI is InChI=1S/C11H11ClN2O/c1-8-2-4-9(5-3-8)11-14-13-10(15-11)6-7-12/h2-5H,6-7H2,1H3. The van der Waals surface area contributed by atoms with Crippen LogP contribution in [0.4, 0.5) is 0 Å². The summed E-state index contributed by atoms with van der Waals surface area (Å²) in [6.45, 7) is 2.04. The fourth-order valence-electron chi connectivity index (χ4n) is 1.25. The molecule has 0 N–H and O–H groups in total. The molecule has 1 aromatic carbocycles. The zero-order valence-corrected chi connectivity index (χ0v) is 9.16. The molecule has 1 heterocycles. The Kier molecular flexibility index (Phi) is 3.02. The third-order valence-corrected chi connectivity index (χ3v) is 2.26. The zero-order valence-electron chi connectivity index (χ0n) is 8.40. The van der Waals surface area contributed by atoms with Crippen LogP contribution in [0.5, 0.6) is 0 Å². The van der Waals surface area contributed by atoms with Gasteiger partial charge in [0.2, 0.25) is 11.8 Å². The molecule has 0 amide bonds. The van der Waals surface area contributed by atoms with Crippen LogP contribution in [0.1, 0.15) is 11.5 Å². The first-order chi connectivity index (χ1) is 7.29. The van der Waals surface area contributed by atoms with Crippen molar-refractivity contribution in [1.82, 2.24) is 10.2 Å². The maximum atomic E-state index is 5.58. The van der Waals surface area contributed by atoms with Gasteiger partial charge in [0.25, 0.3) is 0 Å². The summed E-state index contributed by atoms with van der Waals surface area (Å²) in [6, 6.07) is 7.96. The molecule has 0 saturated heterocycles. The third kappa shape index (κ3) is 2.36. The van der Waals surface area contributed by atoms with Gasteiger partial charge in [-0.1, -0.05) is 17.7 Å². The molecule has 3 nitrogen and oxygen atoms in total. The average Bonchev–Trinajstić information content (AvgIpc) is 2.68. The van der Waals surface area contributed by atoms with Crippen molar-refractivity contribution in [3.05, 3.63) is 35.7 Å². The average molecular weight is 223 g/mol. The molecule has 0 atom stereocenters. The number of rotatable bonds is 3. The Morgan fingerprint density at radius 3 is 2.60 bits per heavy atom. The summed E-state index contributed by atoms with van der Waals surface area (Å²) in [7, 11) is 0. The summed E-state index contributed by atoms with van der Waals surface area (Å²) in [6.07, 6.45) is 0.612. The van der Waals surface area contributed by atoms with Crippen LogP contribution in [0.3, 0.4) is 0 Å². The molecule has 15 heavy (non-hydrogen) atoms. The van der Waals surface area contributed by atoms with E-state index in [0.717, 1.165) is 5.56 Å². The Labute approximate surface area is 93.1 Å². The van der Waals surface area contributed by atoms with Crippen molar-refractivity contribution in [1.29, 1.82) is 0 Å². The van der Waals surface area contributed by atoms with Gasteiger partial charge in [-0.25, -0.2) is 0 Å². The largest absolute Gasteiger partial charge is 0.421 e. The summed E-state index contributed by atoms with van der Waals surface area (Å²) < 4.78 is 5.44. The number of hydrogen-bond acceptors (Lipinski definition) is 3. The van der Waals surface area contributed by atoms with Gasteiger partial charge < -0.3 is 4.42 Å². The van der Waals surface area contributed by atoms with Gasteiger partial charge in [0.1, 0.15) is 0 Å². The number of alkyl halides is 1. The number of aromatic nitrogens is 2. The maximum absolute atomic E-state index is 5.58. The highest BCUT2D eigenvalue weighted by Crippen LogP contribution is 2.18. The number of benzene rings is 1. The molecular formula is C11H11ClN2O. The van der Waals surface area contributed by atoms with E-state index in [-0.39, 0.29) is 0 Å².